The first-order chi connectivity index (χ1) is 15.3. The van der Waals surface area contributed by atoms with Crippen LogP contribution in [-0.2, 0) is 9.59 Å². The molecule has 32 heavy (non-hydrogen) atoms. The molecule has 4 rings (SSSR count). The zero-order valence-corrected chi connectivity index (χ0v) is 18.1. The van der Waals surface area contributed by atoms with Gasteiger partial charge in [0, 0.05) is 51.5 Å². The lowest BCUT2D eigenvalue weighted by molar-refractivity contribution is -0.132. The summed E-state index contributed by atoms with van der Waals surface area (Å²) in [5.74, 6) is -0.518. The van der Waals surface area contributed by atoms with Crippen molar-refractivity contribution in [2.45, 2.75) is 0 Å². The third kappa shape index (κ3) is 4.37. The molecule has 2 aromatic rings. The Labute approximate surface area is 185 Å². The van der Waals surface area contributed by atoms with E-state index in [4.69, 9.17) is 4.74 Å². The third-order valence-corrected chi connectivity index (χ3v) is 5.67. The topological polar surface area (TPSA) is 73.4 Å². The average Bonchev–Trinajstić information content (AvgIpc) is 2.80. The SMILES string of the molecule is CN(C)C(=O)c1ccc2c(c1)N(CC(=O)N1CCN(c3ccc(F)cc3)CC1)C(=O)CO2. The Morgan fingerprint density at radius 3 is 2.38 bits per heavy atom. The quantitative estimate of drug-likeness (QED) is 0.722. The second kappa shape index (κ2) is 8.86. The van der Waals surface area contributed by atoms with Gasteiger partial charge in [0.1, 0.15) is 18.1 Å². The molecule has 8 nitrogen and oxygen atoms in total. The molecule has 1 saturated heterocycles. The Kier molecular flexibility index (Phi) is 5.98. The predicted octanol–water partition coefficient (Wildman–Crippen LogP) is 1.60. The van der Waals surface area contributed by atoms with Crippen LogP contribution in [0.4, 0.5) is 15.8 Å². The molecule has 0 spiro atoms. The number of amides is 3. The number of fused-ring (bicyclic) bond motifs is 1. The van der Waals surface area contributed by atoms with E-state index in [2.05, 4.69) is 4.90 Å². The number of hydrogen-bond donors (Lipinski definition) is 0. The summed E-state index contributed by atoms with van der Waals surface area (Å²) in [6.45, 7) is 1.96. The Morgan fingerprint density at radius 1 is 1.03 bits per heavy atom. The van der Waals surface area contributed by atoms with Crippen LogP contribution in [0.15, 0.2) is 42.5 Å². The number of benzene rings is 2. The van der Waals surface area contributed by atoms with Gasteiger partial charge in [-0.3, -0.25) is 19.3 Å². The van der Waals surface area contributed by atoms with E-state index in [-0.39, 0.29) is 36.7 Å². The van der Waals surface area contributed by atoms with Crippen LogP contribution in [-0.4, -0.2) is 80.9 Å². The molecular weight excluding hydrogens is 415 g/mol. The van der Waals surface area contributed by atoms with Gasteiger partial charge in [0.25, 0.3) is 11.8 Å². The average molecular weight is 440 g/mol. The normalized spacial score (nSPS) is 15.8. The molecule has 0 aromatic heterocycles. The van der Waals surface area contributed by atoms with Crippen molar-refractivity contribution in [3.63, 3.8) is 0 Å². The second-order valence-electron chi connectivity index (χ2n) is 7.99. The lowest BCUT2D eigenvalue weighted by Crippen LogP contribution is -2.53. The minimum Gasteiger partial charge on any atom is -0.482 e. The van der Waals surface area contributed by atoms with Crippen molar-refractivity contribution >= 4 is 29.1 Å². The summed E-state index contributed by atoms with van der Waals surface area (Å²) in [7, 11) is 3.30. The van der Waals surface area contributed by atoms with Gasteiger partial charge in [-0.1, -0.05) is 0 Å². The molecule has 1 fully saturated rings. The first-order valence-corrected chi connectivity index (χ1v) is 10.4. The van der Waals surface area contributed by atoms with E-state index in [1.807, 2.05) is 0 Å². The van der Waals surface area contributed by atoms with Crippen LogP contribution in [0.2, 0.25) is 0 Å². The Morgan fingerprint density at radius 2 is 1.72 bits per heavy atom. The zero-order chi connectivity index (χ0) is 22.8. The van der Waals surface area contributed by atoms with Crippen molar-refractivity contribution in [1.82, 2.24) is 9.80 Å². The minimum atomic E-state index is -0.328. The van der Waals surface area contributed by atoms with Crippen molar-refractivity contribution in [2.75, 3.05) is 63.2 Å². The summed E-state index contributed by atoms with van der Waals surface area (Å²) in [4.78, 5) is 44.5. The molecule has 0 N–H and O–H groups in total. The van der Waals surface area contributed by atoms with Crippen molar-refractivity contribution in [3.8, 4) is 5.75 Å². The van der Waals surface area contributed by atoms with Gasteiger partial charge in [0.15, 0.2) is 6.61 Å². The summed E-state index contributed by atoms with van der Waals surface area (Å²) in [5.41, 5.74) is 1.75. The highest BCUT2D eigenvalue weighted by Crippen LogP contribution is 2.33. The maximum atomic E-state index is 13.2. The van der Waals surface area contributed by atoms with Gasteiger partial charge in [0.05, 0.1) is 5.69 Å². The van der Waals surface area contributed by atoms with Crippen molar-refractivity contribution in [1.29, 1.82) is 0 Å². The van der Waals surface area contributed by atoms with Gasteiger partial charge >= 0.3 is 0 Å². The largest absolute Gasteiger partial charge is 0.482 e. The number of hydrogen-bond acceptors (Lipinski definition) is 5. The molecule has 3 amide bonds. The minimum absolute atomic E-state index is 0.120. The number of carbonyl (C=O) groups excluding carboxylic acids is 3. The number of piperazine rings is 1. The Bertz CT molecular complexity index is 1030. The van der Waals surface area contributed by atoms with E-state index in [9.17, 15) is 18.8 Å². The van der Waals surface area contributed by atoms with Crippen LogP contribution in [0.25, 0.3) is 0 Å². The monoisotopic (exact) mass is 440 g/mol. The smallest absolute Gasteiger partial charge is 0.265 e. The van der Waals surface area contributed by atoms with E-state index >= 15 is 0 Å². The fourth-order valence-corrected chi connectivity index (χ4v) is 3.87. The first kappa shape index (κ1) is 21.6. The molecule has 168 valence electrons. The number of halogens is 1. The van der Waals surface area contributed by atoms with E-state index in [1.54, 1.807) is 49.3 Å². The molecule has 0 atom stereocenters. The highest BCUT2D eigenvalue weighted by molar-refractivity contribution is 6.04. The highest BCUT2D eigenvalue weighted by Gasteiger charge is 2.31. The standard InChI is InChI=1S/C23H25FN4O4/c1-25(2)23(31)16-3-8-20-19(13-16)28(22(30)15-32-20)14-21(29)27-11-9-26(10-12-27)18-6-4-17(24)5-7-18/h3-8,13H,9-12,14-15H2,1-2H3. The second-order valence-corrected chi connectivity index (χ2v) is 7.99. The van der Waals surface area contributed by atoms with Crippen LogP contribution < -0.4 is 14.5 Å². The highest BCUT2D eigenvalue weighted by atomic mass is 19.1. The Balaban J connectivity index is 1.44. The molecule has 0 radical (unpaired) electrons. The van der Waals surface area contributed by atoms with Gasteiger partial charge in [-0.25, -0.2) is 4.39 Å². The van der Waals surface area contributed by atoms with E-state index in [0.717, 1.165) is 5.69 Å². The van der Waals surface area contributed by atoms with Crippen LogP contribution >= 0.6 is 0 Å². The summed E-state index contributed by atoms with van der Waals surface area (Å²) in [6.07, 6.45) is 0. The molecule has 0 bridgehead atoms. The summed E-state index contributed by atoms with van der Waals surface area (Å²) in [5, 5.41) is 0. The van der Waals surface area contributed by atoms with Gasteiger partial charge in [0.2, 0.25) is 5.91 Å². The lowest BCUT2D eigenvalue weighted by Gasteiger charge is -2.37. The molecule has 2 aliphatic rings. The van der Waals surface area contributed by atoms with Crippen molar-refractivity contribution < 1.29 is 23.5 Å². The van der Waals surface area contributed by atoms with Crippen molar-refractivity contribution in [3.05, 3.63) is 53.8 Å². The molecule has 0 saturated carbocycles. The number of rotatable bonds is 4. The van der Waals surface area contributed by atoms with Crippen molar-refractivity contribution in [2.24, 2.45) is 0 Å². The summed E-state index contributed by atoms with van der Waals surface area (Å²) in [6, 6.07) is 11.2. The van der Waals surface area contributed by atoms with E-state index in [1.165, 1.54) is 21.9 Å². The van der Waals surface area contributed by atoms with Gasteiger partial charge in [-0.05, 0) is 42.5 Å². The maximum absolute atomic E-state index is 13.2. The van der Waals surface area contributed by atoms with Gasteiger partial charge in [-0.2, -0.15) is 0 Å². The predicted molar refractivity (Wildman–Crippen MR) is 118 cm³/mol. The molecule has 2 aromatic carbocycles. The zero-order valence-electron chi connectivity index (χ0n) is 18.1. The lowest BCUT2D eigenvalue weighted by atomic mass is 10.1. The fourth-order valence-electron chi connectivity index (χ4n) is 3.87. The van der Waals surface area contributed by atoms with E-state index < -0.39 is 0 Å². The molecule has 0 aliphatic carbocycles. The third-order valence-electron chi connectivity index (χ3n) is 5.67. The van der Waals surface area contributed by atoms with Crippen LogP contribution in [0, 0.1) is 5.82 Å². The molecule has 2 aliphatic heterocycles. The van der Waals surface area contributed by atoms with Crippen LogP contribution in [0.5, 0.6) is 5.75 Å². The number of anilines is 2. The fraction of sp³-hybridized carbons (Fsp3) is 0.348. The summed E-state index contributed by atoms with van der Waals surface area (Å²) < 4.78 is 18.6. The number of nitrogens with zero attached hydrogens (tertiary/aromatic N) is 4. The molecular formula is C23H25FN4O4. The van der Waals surface area contributed by atoms with Crippen LogP contribution in [0.3, 0.4) is 0 Å². The number of carbonyl (C=O) groups is 3. The maximum Gasteiger partial charge on any atom is 0.265 e. The van der Waals surface area contributed by atoms with Gasteiger partial charge < -0.3 is 19.4 Å². The first-order valence-electron chi connectivity index (χ1n) is 10.4. The molecule has 0 unspecified atom stereocenters. The molecule has 9 heteroatoms. The van der Waals surface area contributed by atoms with E-state index in [0.29, 0.717) is 43.2 Å². The number of ether oxygens (including phenoxy) is 1. The molecule has 2 heterocycles. The van der Waals surface area contributed by atoms with Crippen LogP contribution in [0.1, 0.15) is 10.4 Å². The Hall–Kier alpha value is -3.62. The van der Waals surface area contributed by atoms with Gasteiger partial charge in [-0.15, -0.1) is 0 Å². The summed E-state index contributed by atoms with van der Waals surface area (Å²) >= 11 is 0.